The van der Waals surface area contributed by atoms with E-state index in [4.69, 9.17) is 0 Å². The second-order valence-corrected chi connectivity index (χ2v) is 2.76. The quantitative estimate of drug-likeness (QED) is 0.734. The third-order valence-electron chi connectivity index (χ3n) is 1.76. The molecular weight excluding hydrogens is 227 g/mol. The van der Waals surface area contributed by atoms with Crippen LogP contribution < -0.4 is 4.74 Å². The van der Waals surface area contributed by atoms with E-state index in [1.165, 1.54) is 0 Å². The lowest BCUT2D eigenvalue weighted by atomic mass is 10.2. The van der Waals surface area contributed by atoms with Crippen molar-refractivity contribution in [2.75, 3.05) is 14.2 Å². The van der Waals surface area contributed by atoms with Gasteiger partial charge in [-0.1, -0.05) is 0 Å². The maximum atomic E-state index is 12.4. The molecule has 1 rings (SSSR count). The predicted octanol–water partition coefficient (Wildman–Crippen LogP) is 1.90. The molecule has 1 heterocycles. The van der Waals surface area contributed by atoms with Crippen LogP contribution in [0.3, 0.4) is 0 Å². The average Bonchev–Trinajstić information content (AvgIpc) is 2.25. The summed E-state index contributed by atoms with van der Waals surface area (Å²) in [7, 11) is 2.18. The summed E-state index contributed by atoms with van der Waals surface area (Å²) in [6.07, 6.45) is -3.84. The van der Waals surface area contributed by atoms with Crippen molar-refractivity contribution in [2.24, 2.45) is 0 Å². The van der Waals surface area contributed by atoms with Crippen LogP contribution in [0.1, 0.15) is 16.1 Å². The number of pyridine rings is 1. The Hall–Kier alpha value is -1.79. The maximum absolute atomic E-state index is 12.4. The van der Waals surface area contributed by atoms with Crippen molar-refractivity contribution in [1.29, 1.82) is 0 Å². The van der Waals surface area contributed by atoms with Crippen molar-refractivity contribution in [3.05, 3.63) is 23.5 Å². The van der Waals surface area contributed by atoms with Gasteiger partial charge >= 0.3 is 12.1 Å². The van der Waals surface area contributed by atoms with Crippen molar-refractivity contribution in [2.45, 2.75) is 6.18 Å². The number of ether oxygens (including phenoxy) is 2. The fourth-order valence-corrected chi connectivity index (χ4v) is 1.04. The average molecular weight is 235 g/mol. The summed E-state index contributed by atoms with van der Waals surface area (Å²) in [4.78, 5) is 14.2. The molecule has 1 aromatic rings. The number of carbonyl (C=O) groups is 1. The molecule has 0 saturated heterocycles. The molecule has 1 aromatic heterocycles. The summed E-state index contributed by atoms with van der Waals surface area (Å²) in [6, 6.07) is 0.932. The molecule has 0 saturated carbocycles. The van der Waals surface area contributed by atoms with Crippen LogP contribution in [0, 0.1) is 0 Å². The summed E-state index contributed by atoms with van der Waals surface area (Å²) >= 11 is 0. The number of alkyl halides is 3. The van der Waals surface area contributed by atoms with Crippen LogP contribution in [0.25, 0.3) is 0 Å². The number of halogens is 3. The minimum absolute atomic E-state index is 0.104. The van der Waals surface area contributed by atoms with E-state index >= 15 is 0 Å². The van der Waals surface area contributed by atoms with Crippen LogP contribution >= 0.6 is 0 Å². The van der Waals surface area contributed by atoms with E-state index in [9.17, 15) is 18.0 Å². The molecule has 0 amide bonds. The Morgan fingerprint density at radius 2 is 2.00 bits per heavy atom. The molecule has 0 fully saturated rings. The Labute approximate surface area is 89.0 Å². The number of hydrogen-bond acceptors (Lipinski definition) is 4. The van der Waals surface area contributed by atoms with Gasteiger partial charge in [-0.05, 0) is 6.07 Å². The largest absolute Gasteiger partial charge is 0.494 e. The van der Waals surface area contributed by atoms with Gasteiger partial charge in [-0.2, -0.15) is 13.2 Å². The molecule has 16 heavy (non-hydrogen) atoms. The molecule has 0 aromatic carbocycles. The highest BCUT2D eigenvalue weighted by Gasteiger charge is 2.36. The standard InChI is InChI=1S/C9H8F3NO3/c1-15-6-3-5(8(14)16-2)4-13-7(6)9(10,11)12/h3-4H,1-2H3. The highest BCUT2D eigenvalue weighted by molar-refractivity contribution is 5.89. The minimum atomic E-state index is -4.63. The summed E-state index contributed by atoms with van der Waals surface area (Å²) in [5.74, 6) is -1.30. The number of nitrogens with zero attached hydrogens (tertiary/aromatic N) is 1. The molecule has 4 nitrogen and oxygen atoms in total. The van der Waals surface area contributed by atoms with Gasteiger partial charge in [-0.3, -0.25) is 0 Å². The monoisotopic (exact) mass is 235 g/mol. The van der Waals surface area contributed by atoms with E-state index in [1.54, 1.807) is 0 Å². The van der Waals surface area contributed by atoms with Crippen LogP contribution in [-0.4, -0.2) is 25.2 Å². The van der Waals surface area contributed by atoms with E-state index in [0.29, 0.717) is 0 Å². The molecule has 88 valence electrons. The first-order chi connectivity index (χ1) is 7.40. The Morgan fingerprint density at radius 1 is 1.38 bits per heavy atom. The lowest BCUT2D eigenvalue weighted by Crippen LogP contribution is -2.12. The number of methoxy groups -OCH3 is 2. The smallest absolute Gasteiger partial charge is 0.437 e. The van der Waals surface area contributed by atoms with Crippen molar-refractivity contribution in [3.63, 3.8) is 0 Å². The van der Waals surface area contributed by atoms with Gasteiger partial charge in [-0.25, -0.2) is 9.78 Å². The van der Waals surface area contributed by atoms with Gasteiger partial charge in [0, 0.05) is 6.20 Å². The first kappa shape index (κ1) is 12.3. The SMILES string of the molecule is COC(=O)c1cnc(C(F)(F)F)c(OC)c1. The fourth-order valence-electron chi connectivity index (χ4n) is 1.04. The molecular formula is C9H8F3NO3. The zero-order valence-electron chi connectivity index (χ0n) is 8.46. The molecule has 0 bridgehead atoms. The predicted molar refractivity (Wildman–Crippen MR) is 47.1 cm³/mol. The Morgan fingerprint density at radius 3 is 2.44 bits per heavy atom. The van der Waals surface area contributed by atoms with Crippen molar-refractivity contribution in [1.82, 2.24) is 4.98 Å². The number of carbonyl (C=O) groups excluding carboxylic acids is 1. The van der Waals surface area contributed by atoms with E-state index < -0.39 is 23.6 Å². The van der Waals surface area contributed by atoms with Gasteiger partial charge < -0.3 is 9.47 Å². The van der Waals surface area contributed by atoms with Crippen LogP contribution in [0.5, 0.6) is 5.75 Å². The van der Waals surface area contributed by atoms with Crippen molar-refractivity contribution >= 4 is 5.97 Å². The van der Waals surface area contributed by atoms with E-state index in [1.807, 2.05) is 0 Å². The highest BCUT2D eigenvalue weighted by Crippen LogP contribution is 2.34. The summed E-state index contributed by atoms with van der Waals surface area (Å²) in [5, 5.41) is 0. The Bertz CT molecular complexity index is 403. The number of aromatic nitrogens is 1. The third-order valence-corrected chi connectivity index (χ3v) is 1.76. The van der Waals surface area contributed by atoms with E-state index in [2.05, 4.69) is 14.5 Å². The van der Waals surface area contributed by atoms with Gasteiger partial charge in [0.2, 0.25) is 0 Å². The van der Waals surface area contributed by atoms with Crippen LogP contribution in [0.15, 0.2) is 12.3 Å². The lowest BCUT2D eigenvalue weighted by molar-refractivity contribution is -0.142. The molecule has 0 atom stereocenters. The summed E-state index contributed by atoms with van der Waals surface area (Å²) < 4.78 is 46.0. The van der Waals surface area contributed by atoms with E-state index in [-0.39, 0.29) is 5.56 Å². The van der Waals surface area contributed by atoms with Crippen molar-refractivity contribution in [3.8, 4) is 5.75 Å². The molecule has 0 N–H and O–H groups in total. The van der Waals surface area contributed by atoms with Crippen molar-refractivity contribution < 1.29 is 27.4 Å². The second-order valence-electron chi connectivity index (χ2n) is 2.76. The first-order valence-electron chi connectivity index (χ1n) is 4.09. The first-order valence-corrected chi connectivity index (χ1v) is 4.09. The van der Waals surface area contributed by atoms with Crippen LogP contribution in [-0.2, 0) is 10.9 Å². The molecule has 7 heteroatoms. The zero-order valence-corrected chi connectivity index (χ0v) is 8.46. The lowest BCUT2D eigenvalue weighted by Gasteiger charge is -2.11. The minimum Gasteiger partial charge on any atom is -0.494 e. The van der Waals surface area contributed by atoms with Crippen LogP contribution in [0.2, 0.25) is 0 Å². The van der Waals surface area contributed by atoms with Gasteiger partial charge in [0.25, 0.3) is 0 Å². The molecule has 0 radical (unpaired) electrons. The Balaban J connectivity index is 3.22. The molecule has 0 aliphatic heterocycles. The zero-order chi connectivity index (χ0) is 12.3. The molecule has 0 spiro atoms. The number of rotatable bonds is 2. The fraction of sp³-hybridized carbons (Fsp3) is 0.333. The van der Waals surface area contributed by atoms with Gasteiger partial charge in [0.05, 0.1) is 19.8 Å². The normalized spacial score (nSPS) is 11.1. The topological polar surface area (TPSA) is 48.4 Å². The van der Waals surface area contributed by atoms with Gasteiger partial charge in [0.15, 0.2) is 11.4 Å². The second kappa shape index (κ2) is 4.38. The highest BCUT2D eigenvalue weighted by atomic mass is 19.4. The summed E-state index contributed by atoms with van der Waals surface area (Å²) in [6.45, 7) is 0. The summed E-state index contributed by atoms with van der Waals surface area (Å²) in [5.41, 5.74) is -1.28. The Kier molecular flexibility index (Phi) is 3.36. The number of hydrogen-bond donors (Lipinski definition) is 0. The van der Waals surface area contributed by atoms with Gasteiger partial charge in [-0.15, -0.1) is 0 Å². The molecule has 0 unspecified atom stereocenters. The molecule has 0 aliphatic carbocycles. The van der Waals surface area contributed by atoms with Gasteiger partial charge in [0.1, 0.15) is 0 Å². The van der Waals surface area contributed by atoms with Crippen LogP contribution in [0.4, 0.5) is 13.2 Å². The molecule has 0 aliphatic rings. The number of esters is 1. The van der Waals surface area contributed by atoms with E-state index in [0.717, 1.165) is 26.5 Å². The third kappa shape index (κ3) is 2.41. The maximum Gasteiger partial charge on any atom is 0.437 e.